The summed E-state index contributed by atoms with van der Waals surface area (Å²) in [5, 5.41) is 13.1. The molecule has 0 bridgehead atoms. The first-order valence-corrected chi connectivity index (χ1v) is 5.87. The van der Waals surface area contributed by atoms with Crippen LogP contribution in [0.15, 0.2) is 6.07 Å². The first-order valence-electron chi connectivity index (χ1n) is 5.87. The molecular formula is C13H19NO3. The second-order valence-corrected chi connectivity index (χ2v) is 4.34. The summed E-state index contributed by atoms with van der Waals surface area (Å²) in [4.78, 5) is 0. The van der Waals surface area contributed by atoms with Crippen LogP contribution in [0.1, 0.15) is 22.8 Å². The third-order valence-corrected chi connectivity index (χ3v) is 3.11. The van der Waals surface area contributed by atoms with Gasteiger partial charge >= 0.3 is 0 Å². The smallest absolute Gasteiger partial charge is 0.167 e. The van der Waals surface area contributed by atoms with Gasteiger partial charge in [0.2, 0.25) is 0 Å². The van der Waals surface area contributed by atoms with Gasteiger partial charge in [-0.05, 0) is 38.1 Å². The van der Waals surface area contributed by atoms with E-state index in [4.69, 9.17) is 9.47 Å². The fourth-order valence-electron chi connectivity index (χ4n) is 2.05. The Morgan fingerprint density at radius 3 is 2.59 bits per heavy atom. The summed E-state index contributed by atoms with van der Waals surface area (Å²) in [6, 6.07) is 1.98. The number of likely N-dealkylation sites (N-methyl/N-ethyl adjacent to an activating group) is 1. The molecule has 0 aromatic heterocycles. The molecule has 1 aromatic carbocycles. The highest BCUT2D eigenvalue weighted by Crippen LogP contribution is 2.41. The zero-order valence-corrected chi connectivity index (χ0v) is 10.5. The SMILES string of the molecule is CNCC(O)c1cc(C)c(C)c2c1OCCO2. The molecule has 2 rings (SSSR count). The standard InChI is InChI=1S/C13H19NO3/c1-8-6-10(11(15)7-14-3)13-12(9(8)2)16-4-5-17-13/h6,11,14-15H,4-5,7H2,1-3H3. The van der Waals surface area contributed by atoms with Crippen LogP contribution in [0, 0.1) is 13.8 Å². The van der Waals surface area contributed by atoms with Crippen molar-refractivity contribution in [3.8, 4) is 11.5 Å². The van der Waals surface area contributed by atoms with Gasteiger partial charge in [-0.2, -0.15) is 0 Å². The van der Waals surface area contributed by atoms with Crippen molar-refractivity contribution in [2.45, 2.75) is 20.0 Å². The Morgan fingerprint density at radius 2 is 1.94 bits per heavy atom. The zero-order valence-electron chi connectivity index (χ0n) is 10.5. The second-order valence-electron chi connectivity index (χ2n) is 4.34. The van der Waals surface area contributed by atoms with Crippen LogP contribution in [0.3, 0.4) is 0 Å². The van der Waals surface area contributed by atoms with Crippen molar-refractivity contribution in [3.05, 3.63) is 22.8 Å². The number of hydrogen-bond donors (Lipinski definition) is 2. The molecule has 4 nitrogen and oxygen atoms in total. The highest BCUT2D eigenvalue weighted by Gasteiger charge is 2.23. The summed E-state index contributed by atoms with van der Waals surface area (Å²) in [5.74, 6) is 1.48. The summed E-state index contributed by atoms with van der Waals surface area (Å²) in [6.45, 7) is 5.63. The lowest BCUT2D eigenvalue weighted by Gasteiger charge is -2.25. The number of ether oxygens (including phenoxy) is 2. The van der Waals surface area contributed by atoms with Crippen LogP contribution in [0.25, 0.3) is 0 Å². The summed E-state index contributed by atoms with van der Waals surface area (Å²) in [7, 11) is 1.81. The molecule has 1 atom stereocenters. The molecule has 94 valence electrons. The Labute approximate surface area is 102 Å². The van der Waals surface area contributed by atoms with Gasteiger partial charge in [-0.25, -0.2) is 0 Å². The average Bonchev–Trinajstić information content (AvgIpc) is 2.34. The fraction of sp³-hybridized carbons (Fsp3) is 0.538. The number of aryl methyl sites for hydroxylation is 1. The highest BCUT2D eigenvalue weighted by molar-refractivity contribution is 5.56. The van der Waals surface area contributed by atoms with Crippen molar-refractivity contribution in [2.75, 3.05) is 26.8 Å². The van der Waals surface area contributed by atoms with E-state index >= 15 is 0 Å². The lowest BCUT2D eigenvalue weighted by molar-refractivity contribution is 0.145. The molecule has 2 N–H and O–H groups in total. The maximum absolute atomic E-state index is 10.1. The van der Waals surface area contributed by atoms with E-state index in [2.05, 4.69) is 5.32 Å². The van der Waals surface area contributed by atoms with Crippen LogP contribution in [0.4, 0.5) is 0 Å². The molecular weight excluding hydrogens is 218 g/mol. The van der Waals surface area contributed by atoms with E-state index in [9.17, 15) is 5.11 Å². The van der Waals surface area contributed by atoms with Crippen LogP contribution in [0.2, 0.25) is 0 Å². The minimum Gasteiger partial charge on any atom is -0.486 e. The Morgan fingerprint density at radius 1 is 1.29 bits per heavy atom. The van der Waals surface area contributed by atoms with E-state index in [0.29, 0.717) is 25.5 Å². The molecule has 4 heteroatoms. The predicted octanol–water partition coefficient (Wildman–Crippen LogP) is 1.33. The van der Waals surface area contributed by atoms with Crippen molar-refractivity contribution < 1.29 is 14.6 Å². The van der Waals surface area contributed by atoms with Crippen LogP contribution >= 0.6 is 0 Å². The highest BCUT2D eigenvalue weighted by atomic mass is 16.6. The van der Waals surface area contributed by atoms with Crippen LogP contribution < -0.4 is 14.8 Å². The van der Waals surface area contributed by atoms with Gasteiger partial charge in [-0.15, -0.1) is 0 Å². The number of fused-ring (bicyclic) bond motifs is 1. The Kier molecular flexibility index (Phi) is 3.54. The number of aliphatic hydroxyl groups is 1. The minimum absolute atomic E-state index is 0.498. The Hall–Kier alpha value is -1.26. The topological polar surface area (TPSA) is 50.7 Å². The number of aliphatic hydroxyl groups excluding tert-OH is 1. The molecule has 1 aliphatic heterocycles. The van der Waals surface area contributed by atoms with E-state index in [0.717, 1.165) is 22.4 Å². The third kappa shape index (κ3) is 2.23. The Balaban J connectivity index is 2.48. The molecule has 0 spiro atoms. The monoisotopic (exact) mass is 237 g/mol. The van der Waals surface area contributed by atoms with Crippen molar-refractivity contribution in [1.29, 1.82) is 0 Å². The lowest BCUT2D eigenvalue weighted by Crippen LogP contribution is -2.22. The largest absolute Gasteiger partial charge is 0.486 e. The van der Waals surface area contributed by atoms with E-state index in [1.54, 1.807) is 0 Å². The second kappa shape index (κ2) is 4.94. The molecule has 1 aromatic rings. The summed E-state index contributed by atoms with van der Waals surface area (Å²) < 4.78 is 11.3. The quantitative estimate of drug-likeness (QED) is 0.832. The molecule has 0 amide bonds. The average molecular weight is 237 g/mol. The van der Waals surface area contributed by atoms with Gasteiger partial charge in [0.1, 0.15) is 13.2 Å². The number of benzene rings is 1. The Bertz CT molecular complexity index is 418. The van der Waals surface area contributed by atoms with Gasteiger partial charge < -0.3 is 19.9 Å². The van der Waals surface area contributed by atoms with Gasteiger partial charge in [0.05, 0.1) is 6.10 Å². The molecule has 0 saturated heterocycles. The predicted molar refractivity (Wildman–Crippen MR) is 65.8 cm³/mol. The normalized spacial score (nSPS) is 15.8. The molecule has 0 aliphatic carbocycles. The third-order valence-electron chi connectivity index (χ3n) is 3.11. The molecule has 0 fully saturated rings. The van der Waals surface area contributed by atoms with Crippen LogP contribution in [0.5, 0.6) is 11.5 Å². The molecule has 1 unspecified atom stereocenters. The molecule has 1 heterocycles. The maximum Gasteiger partial charge on any atom is 0.167 e. The molecule has 17 heavy (non-hydrogen) atoms. The van der Waals surface area contributed by atoms with Gasteiger partial charge in [-0.1, -0.05) is 0 Å². The van der Waals surface area contributed by atoms with E-state index < -0.39 is 6.10 Å². The molecule has 0 saturated carbocycles. The summed E-state index contributed by atoms with van der Waals surface area (Å²) in [5.41, 5.74) is 3.00. The number of rotatable bonds is 3. The van der Waals surface area contributed by atoms with Crippen molar-refractivity contribution >= 4 is 0 Å². The van der Waals surface area contributed by atoms with Crippen LogP contribution in [-0.2, 0) is 0 Å². The van der Waals surface area contributed by atoms with Gasteiger partial charge in [-0.3, -0.25) is 0 Å². The summed E-state index contributed by atoms with van der Waals surface area (Å²) in [6.07, 6.45) is -0.574. The van der Waals surface area contributed by atoms with E-state index in [-0.39, 0.29) is 0 Å². The molecule has 0 radical (unpaired) electrons. The van der Waals surface area contributed by atoms with E-state index in [1.807, 2.05) is 27.0 Å². The zero-order chi connectivity index (χ0) is 12.4. The molecule has 1 aliphatic rings. The summed E-state index contributed by atoms with van der Waals surface area (Å²) >= 11 is 0. The minimum atomic E-state index is -0.574. The fourth-order valence-corrected chi connectivity index (χ4v) is 2.05. The van der Waals surface area contributed by atoms with E-state index in [1.165, 1.54) is 0 Å². The first kappa shape index (κ1) is 12.2. The van der Waals surface area contributed by atoms with Gasteiger partial charge in [0.15, 0.2) is 11.5 Å². The van der Waals surface area contributed by atoms with Crippen LogP contribution in [-0.4, -0.2) is 31.9 Å². The maximum atomic E-state index is 10.1. The van der Waals surface area contributed by atoms with Crippen molar-refractivity contribution in [2.24, 2.45) is 0 Å². The van der Waals surface area contributed by atoms with Gasteiger partial charge in [0.25, 0.3) is 0 Å². The lowest BCUT2D eigenvalue weighted by atomic mass is 9.99. The van der Waals surface area contributed by atoms with Crippen molar-refractivity contribution in [1.82, 2.24) is 5.32 Å². The first-order chi connectivity index (χ1) is 8.15. The van der Waals surface area contributed by atoms with Crippen molar-refractivity contribution in [3.63, 3.8) is 0 Å². The number of hydrogen-bond acceptors (Lipinski definition) is 4. The van der Waals surface area contributed by atoms with Gasteiger partial charge in [0, 0.05) is 12.1 Å². The number of nitrogens with one attached hydrogen (secondary N) is 1.